The van der Waals surface area contributed by atoms with Gasteiger partial charge in [0.15, 0.2) is 0 Å². The van der Waals surface area contributed by atoms with Crippen LogP contribution in [0.25, 0.3) is 0 Å². The summed E-state index contributed by atoms with van der Waals surface area (Å²) in [6.45, 7) is 8.38. The lowest BCUT2D eigenvalue weighted by Crippen LogP contribution is -2.62. The van der Waals surface area contributed by atoms with Gasteiger partial charge < -0.3 is 10.2 Å². The smallest absolute Gasteiger partial charge is 0.243 e. The third-order valence-electron chi connectivity index (χ3n) is 3.63. The Balaban J connectivity index is 2.91. The van der Waals surface area contributed by atoms with Crippen molar-refractivity contribution in [2.24, 2.45) is 5.92 Å². The highest BCUT2D eigenvalue weighted by atomic mass is 16.2. The van der Waals surface area contributed by atoms with E-state index in [0.717, 1.165) is 19.3 Å². The van der Waals surface area contributed by atoms with Crippen molar-refractivity contribution in [3.63, 3.8) is 0 Å². The van der Waals surface area contributed by atoms with E-state index in [4.69, 9.17) is 0 Å². The number of hydrogen-bond donors (Lipinski definition) is 1. The summed E-state index contributed by atoms with van der Waals surface area (Å²) in [4.78, 5) is 25.8. The van der Waals surface area contributed by atoms with E-state index in [0.29, 0.717) is 0 Å². The molecule has 4 nitrogen and oxygen atoms in total. The number of rotatable bonds is 5. The fourth-order valence-corrected chi connectivity index (χ4v) is 2.47. The molecular weight excluding hydrogens is 216 g/mol. The average Bonchev–Trinajstić information content (AvgIpc) is 2.31. The fraction of sp³-hybridized carbons (Fsp3) is 0.846. The van der Waals surface area contributed by atoms with Gasteiger partial charge >= 0.3 is 0 Å². The predicted octanol–water partition coefficient (Wildman–Crippen LogP) is 1.55. The molecule has 2 amide bonds. The Morgan fingerprint density at radius 1 is 1.35 bits per heavy atom. The van der Waals surface area contributed by atoms with Gasteiger partial charge in [0.25, 0.3) is 0 Å². The maximum absolute atomic E-state index is 12.0. The van der Waals surface area contributed by atoms with Crippen molar-refractivity contribution < 1.29 is 9.59 Å². The summed E-state index contributed by atoms with van der Waals surface area (Å²) in [7, 11) is 0. The zero-order chi connectivity index (χ0) is 13.0. The van der Waals surface area contributed by atoms with E-state index in [1.807, 2.05) is 13.8 Å². The second-order valence-electron chi connectivity index (χ2n) is 4.99. The van der Waals surface area contributed by atoms with Crippen molar-refractivity contribution in [1.29, 1.82) is 0 Å². The lowest BCUT2D eigenvalue weighted by atomic mass is 9.93. The van der Waals surface area contributed by atoms with Crippen molar-refractivity contribution in [2.75, 3.05) is 6.54 Å². The molecule has 0 spiro atoms. The molecule has 0 bridgehead atoms. The summed E-state index contributed by atoms with van der Waals surface area (Å²) in [6, 6.07) is -0.139. The first kappa shape index (κ1) is 14.0. The van der Waals surface area contributed by atoms with Gasteiger partial charge in [-0.1, -0.05) is 33.6 Å². The summed E-state index contributed by atoms with van der Waals surface area (Å²) in [6.07, 6.45) is 2.88. The topological polar surface area (TPSA) is 49.4 Å². The lowest BCUT2D eigenvalue weighted by Gasteiger charge is -2.41. The number of carbonyl (C=O) groups is 2. The van der Waals surface area contributed by atoms with E-state index >= 15 is 0 Å². The van der Waals surface area contributed by atoms with Gasteiger partial charge in [-0.25, -0.2) is 0 Å². The van der Waals surface area contributed by atoms with Crippen molar-refractivity contribution >= 4 is 11.8 Å². The van der Waals surface area contributed by atoms with Crippen molar-refractivity contribution in [1.82, 2.24) is 10.2 Å². The van der Waals surface area contributed by atoms with Gasteiger partial charge in [0.05, 0.1) is 6.54 Å². The number of amides is 2. The summed E-state index contributed by atoms with van der Waals surface area (Å²) >= 11 is 0. The van der Waals surface area contributed by atoms with Crippen LogP contribution in [0.2, 0.25) is 0 Å². The highest BCUT2D eigenvalue weighted by Crippen LogP contribution is 2.22. The fourth-order valence-electron chi connectivity index (χ4n) is 2.47. The quantitative estimate of drug-likeness (QED) is 0.792. The monoisotopic (exact) mass is 240 g/mol. The molecule has 1 aliphatic heterocycles. The van der Waals surface area contributed by atoms with Gasteiger partial charge in [-0.15, -0.1) is 0 Å². The van der Waals surface area contributed by atoms with E-state index in [9.17, 15) is 9.59 Å². The summed E-state index contributed by atoms with van der Waals surface area (Å²) in [5.41, 5.74) is 0. The number of nitrogens with one attached hydrogen (secondary N) is 1. The third kappa shape index (κ3) is 2.99. The molecule has 0 aromatic carbocycles. The van der Waals surface area contributed by atoms with E-state index < -0.39 is 0 Å². The Morgan fingerprint density at radius 2 is 2.00 bits per heavy atom. The van der Waals surface area contributed by atoms with E-state index in [2.05, 4.69) is 19.2 Å². The molecule has 0 aromatic rings. The van der Waals surface area contributed by atoms with Crippen LogP contribution in [-0.2, 0) is 9.59 Å². The lowest BCUT2D eigenvalue weighted by molar-refractivity contribution is -0.150. The predicted molar refractivity (Wildman–Crippen MR) is 67.5 cm³/mol. The molecule has 98 valence electrons. The second-order valence-corrected chi connectivity index (χ2v) is 4.99. The molecule has 1 rings (SSSR count). The van der Waals surface area contributed by atoms with E-state index in [1.54, 1.807) is 4.90 Å². The largest absolute Gasteiger partial charge is 0.345 e. The SMILES string of the molecule is CCCC(C)N1C(=O)CNC(=O)C1C(C)CC. The molecule has 0 saturated carbocycles. The molecule has 0 aromatic heterocycles. The first-order valence-electron chi connectivity index (χ1n) is 6.61. The van der Waals surface area contributed by atoms with Crippen molar-refractivity contribution in [3.05, 3.63) is 0 Å². The van der Waals surface area contributed by atoms with Gasteiger partial charge in [0.1, 0.15) is 6.04 Å². The van der Waals surface area contributed by atoms with Crippen LogP contribution in [0.4, 0.5) is 0 Å². The first-order valence-corrected chi connectivity index (χ1v) is 6.61. The molecular formula is C13H24N2O2. The van der Waals surface area contributed by atoms with E-state index in [-0.39, 0.29) is 36.4 Å². The van der Waals surface area contributed by atoms with Crippen LogP contribution in [0.3, 0.4) is 0 Å². The summed E-state index contributed by atoms with van der Waals surface area (Å²) in [5, 5.41) is 2.69. The molecule has 1 heterocycles. The summed E-state index contributed by atoms with van der Waals surface area (Å²) < 4.78 is 0. The van der Waals surface area contributed by atoms with Gasteiger partial charge in [-0.2, -0.15) is 0 Å². The average molecular weight is 240 g/mol. The number of nitrogens with zero attached hydrogens (tertiary/aromatic N) is 1. The Labute approximate surface area is 104 Å². The van der Waals surface area contributed by atoms with Crippen LogP contribution >= 0.6 is 0 Å². The van der Waals surface area contributed by atoms with Gasteiger partial charge in [-0.05, 0) is 19.3 Å². The molecule has 1 N–H and O–H groups in total. The molecule has 3 atom stereocenters. The zero-order valence-corrected chi connectivity index (χ0v) is 11.3. The Morgan fingerprint density at radius 3 is 2.53 bits per heavy atom. The Hall–Kier alpha value is -1.06. The molecule has 17 heavy (non-hydrogen) atoms. The number of hydrogen-bond acceptors (Lipinski definition) is 2. The van der Waals surface area contributed by atoms with Crippen molar-refractivity contribution in [2.45, 2.75) is 59.0 Å². The maximum atomic E-state index is 12.0. The molecule has 1 fully saturated rings. The minimum atomic E-state index is -0.289. The van der Waals surface area contributed by atoms with Gasteiger partial charge in [0.2, 0.25) is 11.8 Å². The molecule has 1 aliphatic rings. The van der Waals surface area contributed by atoms with Crippen LogP contribution in [0.15, 0.2) is 0 Å². The normalized spacial score (nSPS) is 24.5. The highest BCUT2D eigenvalue weighted by Gasteiger charge is 2.39. The zero-order valence-electron chi connectivity index (χ0n) is 11.3. The Bertz CT molecular complexity index is 291. The van der Waals surface area contributed by atoms with Crippen molar-refractivity contribution in [3.8, 4) is 0 Å². The number of carbonyl (C=O) groups excluding carboxylic acids is 2. The molecule has 4 heteroatoms. The Kier molecular flexibility index (Phi) is 4.97. The third-order valence-corrected chi connectivity index (χ3v) is 3.63. The standard InChI is InChI=1S/C13H24N2O2/c1-5-7-10(4)15-11(16)8-14-13(17)12(15)9(3)6-2/h9-10,12H,5-8H2,1-4H3,(H,14,17). The molecule has 0 radical (unpaired) electrons. The minimum absolute atomic E-state index is 0.00176. The van der Waals surface area contributed by atoms with Crippen LogP contribution < -0.4 is 5.32 Å². The van der Waals surface area contributed by atoms with E-state index in [1.165, 1.54) is 0 Å². The van der Waals surface area contributed by atoms with Crippen LogP contribution in [-0.4, -0.2) is 35.3 Å². The van der Waals surface area contributed by atoms with Crippen LogP contribution in [0.5, 0.6) is 0 Å². The minimum Gasteiger partial charge on any atom is -0.345 e. The van der Waals surface area contributed by atoms with Gasteiger partial charge in [-0.3, -0.25) is 9.59 Å². The molecule has 1 saturated heterocycles. The van der Waals surface area contributed by atoms with Crippen LogP contribution in [0.1, 0.15) is 47.0 Å². The van der Waals surface area contributed by atoms with Crippen LogP contribution in [0, 0.1) is 5.92 Å². The second kappa shape index (κ2) is 6.03. The molecule has 0 aliphatic carbocycles. The highest BCUT2D eigenvalue weighted by molar-refractivity contribution is 5.95. The summed E-state index contributed by atoms with van der Waals surface area (Å²) in [5.74, 6) is 0.260. The molecule has 3 unspecified atom stereocenters. The first-order chi connectivity index (χ1) is 8.02. The van der Waals surface area contributed by atoms with Gasteiger partial charge in [0, 0.05) is 6.04 Å². The number of piperazine rings is 1. The maximum Gasteiger partial charge on any atom is 0.243 e.